The maximum Gasteiger partial charge on any atom is 0.274 e. The molecule has 7 heteroatoms. The number of ether oxygens (including phenoxy) is 3. The van der Waals surface area contributed by atoms with Crippen molar-refractivity contribution < 1.29 is 24.1 Å². The number of aromatic nitrogens is 1. The zero-order chi connectivity index (χ0) is 23.3. The van der Waals surface area contributed by atoms with Gasteiger partial charge in [-0.05, 0) is 29.5 Å². The zero-order valence-corrected chi connectivity index (χ0v) is 19.1. The molecule has 0 saturated heterocycles. The van der Waals surface area contributed by atoms with Crippen LogP contribution in [-0.4, -0.2) is 43.9 Å². The number of hydrogen-bond acceptors (Lipinski definition) is 5. The largest absolute Gasteiger partial charge is 0.507 e. The van der Waals surface area contributed by atoms with Gasteiger partial charge in [-0.25, -0.2) is 0 Å². The summed E-state index contributed by atoms with van der Waals surface area (Å²) in [6.45, 7) is 2.67. The van der Waals surface area contributed by atoms with Crippen molar-refractivity contribution in [1.82, 2.24) is 4.98 Å². The molecule has 0 radical (unpaired) electrons. The predicted octanol–water partition coefficient (Wildman–Crippen LogP) is 5.21. The van der Waals surface area contributed by atoms with Gasteiger partial charge in [-0.3, -0.25) is 4.79 Å². The van der Waals surface area contributed by atoms with Crippen LogP contribution in [0.3, 0.4) is 0 Å². The molecule has 0 unspecified atom stereocenters. The number of benzene rings is 3. The molecule has 33 heavy (non-hydrogen) atoms. The Morgan fingerprint density at radius 2 is 1.79 bits per heavy atom. The first kappa shape index (κ1) is 21.0. The second kappa shape index (κ2) is 7.92. The lowest BCUT2D eigenvalue weighted by atomic mass is 9.93. The summed E-state index contributed by atoms with van der Waals surface area (Å²) in [6.07, 6.45) is 0.889. The molecule has 2 N–H and O–H groups in total. The second-order valence-corrected chi connectivity index (χ2v) is 8.19. The number of nitrogens with one attached hydrogen (secondary N) is 1. The molecule has 0 bridgehead atoms. The highest BCUT2D eigenvalue weighted by Gasteiger charge is 2.35. The molecular weight excluding hydrogens is 420 g/mol. The van der Waals surface area contributed by atoms with E-state index in [2.05, 4.69) is 11.9 Å². The molecule has 1 aromatic heterocycles. The van der Waals surface area contributed by atoms with Crippen molar-refractivity contribution >= 4 is 33.3 Å². The van der Waals surface area contributed by atoms with Crippen LogP contribution in [0.2, 0.25) is 0 Å². The summed E-state index contributed by atoms with van der Waals surface area (Å²) < 4.78 is 16.5. The van der Waals surface area contributed by atoms with E-state index < -0.39 is 0 Å². The summed E-state index contributed by atoms with van der Waals surface area (Å²) >= 11 is 0. The molecule has 4 aromatic rings. The van der Waals surface area contributed by atoms with Gasteiger partial charge in [0.25, 0.3) is 5.91 Å². The van der Waals surface area contributed by atoms with Gasteiger partial charge in [0, 0.05) is 29.3 Å². The highest BCUT2D eigenvalue weighted by Crippen LogP contribution is 2.47. The molecule has 1 aliphatic heterocycles. The Labute approximate surface area is 191 Å². The lowest BCUT2D eigenvalue weighted by molar-refractivity contribution is 0.0984. The van der Waals surface area contributed by atoms with Crippen LogP contribution in [0.25, 0.3) is 21.7 Å². The van der Waals surface area contributed by atoms with E-state index in [1.54, 1.807) is 38.4 Å². The van der Waals surface area contributed by atoms with Crippen molar-refractivity contribution in [2.75, 3.05) is 32.8 Å². The molecule has 1 amide bonds. The van der Waals surface area contributed by atoms with E-state index in [1.165, 1.54) is 0 Å². The maximum absolute atomic E-state index is 13.7. The zero-order valence-electron chi connectivity index (χ0n) is 19.1. The Kier molecular flexibility index (Phi) is 5.04. The lowest BCUT2D eigenvalue weighted by Gasteiger charge is -2.17. The Balaban J connectivity index is 1.64. The molecule has 0 saturated carbocycles. The van der Waals surface area contributed by atoms with Crippen molar-refractivity contribution in [2.45, 2.75) is 19.3 Å². The minimum atomic E-state index is -0.168. The van der Waals surface area contributed by atoms with Gasteiger partial charge < -0.3 is 29.2 Å². The van der Waals surface area contributed by atoms with E-state index in [-0.39, 0.29) is 17.6 Å². The van der Waals surface area contributed by atoms with Crippen LogP contribution in [0.4, 0.5) is 5.69 Å². The molecule has 2 heterocycles. The van der Waals surface area contributed by atoms with Crippen LogP contribution < -0.4 is 19.1 Å². The number of fused-ring (bicyclic) bond motifs is 4. The van der Waals surface area contributed by atoms with Gasteiger partial charge in [0.05, 0.1) is 32.5 Å². The van der Waals surface area contributed by atoms with Crippen molar-refractivity contribution in [3.8, 4) is 23.0 Å². The summed E-state index contributed by atoms with van der Waals surface area (Å²) in [4.78, 5) is 18.7. The van der Waals surface area contributed by atoms with Crippen LogP contribution in [0, 0.1) is 0 Å². The van der Waals surface area contributed by atoms with Crippen LogP contribution in [0.1, 0.15) is 35.3 Å². The number of phenolic OH excluding ortho intramolecular Hbond substituents is 1. The third-order valence-corrected chi connectivity index (χ3v) is 6.53. The maximum atomic E-state index is 13.7. The molecule has 0 aliphatic carbocycles. The van der Waals surface area contributed by atoms with Gasteiger partial charge in [0.15, 0.2) is 11.5 Å². The molecule has 3 aromatic carbocycles. The van der Waals surface area contributed by atoms with Crippen LogP contribution in [0.5, 0.6) is 23.0 Å². The fraction of sp³-hybridized carbons (Fsp3) is 0.269. The van der Waals surface area contributed by atoms with E-state index >= 15 is 0 Å². The molecule has 7 nitrogen and oxygen atoms in total. The predicted molar refractivity (Wildman–Crippen MR) is 128 cm³/mol. The average Bonchev–Trinajstić information content (AvgIpc) is 3.43. The molecule has 170 valence electrons. The van der Waals surface area contributed by atoms with E-state index in [9.17, 15) is 9.90 Å². The minimum Gasteiger partial charge on any atom is -0.507 e. The molecule has 5 rings (SSSR count). The van der Waals surface area contributed by atoms with Gasteiger partial charge in [0.1, 0.15) is 11.4 Å². The number of aromatic amines is 1. The van der Waals surface area contributed by atoms with Gasteiger partial charge in [-0.1, -0.05) is 31.2 Å². The van der Waals surface area contributed by atoms with Crippen LogP contribution >= 0.6 is 0 Å². The summed E-state index contributed by atoms with van der Waals surface area (Å²) in [5, 5.41) is 13.2. The van der Waals surface area contributed by atoms with E-state index in [4.69, 9.17) is 14.2 Å². The van der Waals surface area contributed by atoms with E-state index in [1.807, 2.05) is 30.3 Å². The number of amides is 1. The first-order valence-electron chi connectivity index (χ1n) is 10.9. The molecular formula is C26H26N2O5. The molecule has 1 aliphatic rings. The number of carbonyl (C=O) groups excluding carboxylic acids is 1. The van der Waals surface area contributed by atoms with Gasteiger partial charge in [-0.2, -0.15) is 0 Å². The first-order valence-corrected chi connectivity index (χ1v) is 10.9. The fourth-order valence-electron chi connectivity index (χ4n) is 4.96. The minimum absolute atomic E-state index is 0.168. The number of phenols is 1. The average molecular weight is 447 g/mol. The number of H-pyrrole nitrogens is 1. The highest BCUT2D eigenvalue weighted by molar-refractivity contribution is 6.11. The molecule has 0 spiro atoms. The lowest BCUT2D eigenvalue weighted by Crippen LogP contribution is -2.30. The first-order chi connectivity index (χ1) is 16.0. The highest BCUT2D eigenvalue weighted by atomic mass is 16.5. The van der Waals surface area contributed by atoms with Crippen molar-refractivity contribution in [3.05, 3.63) is 53.7 Å². The third kappa shape index (κ3) is 3.07. The Bertz CT molecular complexity index is 1390. The van der Waals surface area contributed by atoms with Crippen molar-refractivity contribution in [1.29, 1.82) is 0 Å². The number of rotatable bonds is 5. The molecule has 0 fully saturated rings. The number of nitrogens with zero attached hydrogens (tertiary/aromatic N) is 1. The van der Waals surface area contributed by atoms with Gasteiger partial charge >= 0.3 is 0 Å². The summed E-state index contributed by atoms with van der Waals surface area (Å²) in [5.74, 6) is 1.65. The number of carbonyl (C=O) groups is 1. The van der Waals surface area contributed by atoms with E-state index in [0.717, 1.165) is 33.8 Å². The number of aromatic hydroxyl groups is 1. The Hall–Kier alpha value is -3.87. The quantitative estimate of drug-likeness (QED) is 0.440. The monoisotopic (exact) mass is 446 g/mol. The number of methoxy groups -OCH3 is 3. The standard InChI is InChI=1S/C26H26N2O5/c1-5-14-13-28(19-12-20(29)16-8-6-7-9-17(16)22(14)19)26(30)18-10-15-11-21(31-2)24(32-3)25(33-4)23(15)27-18/h6-12,14,27,29H,5,13H2,1-4H3/t14-/m1/s1. The van der Waals surface area contributed by atoms with Gasteiger partial charge in [0.2, 0.25) is 5.75 Å². The van der Waals surface area contributed by atoms with Crippen molar-refractivity contribution in [2.24, 2.45) is 0 Å². The SMILES string of the molecule is CC[C@@H]1CN(C(=O)c2cc3cc(OC)c(OC)c(OC)c3[nH]2)c2cc(O)c3ccccc3c21. The summed E-state index contributed by atoms with van der Waals surface area (Å²) in [6, 6.07) is 13.1. The number of anilines is 1. The smallest absolute Gasteiger partial charge is 0.274 e. The summed E-state index contributed by atoms with van der Waals surface area (Å²) in [5.41, 5.74) is 2.94. The number of hydrogen-bond donors (Lipinski definition) is 2. The Morgan fingerprint density at radius 1 is 1.06 bits per heavy atom. The van der Waals surface area contributed by atoms with E-state index in [0.29, 0.717) is 35.0 Å². The second-order valence-electron chi connectivity index (χ2n) is 8.19. The van der Waals surface area contributed by atoms with Crippen LogP contribution in [0.15, 0.2) is 42.5 Å². The summed E-state index contributed by atoms with van der Waals surface area (Å²) in [7, 11) is 4.66. The fourth-order valence-corrected chi connectivity index (χ4v) is 4.96. The van der Waals surface area contributed by atoms with Crippen molar-refractivity contribution in [3.63, 3.8) is 0 Å². The normalized spacial score (nSPS) is 15.2. The topological polar surface area (TPSA) is 84.0 Å². The molecule has 1 atom stereocenters. The Morgan fingerprint density at radius 3 is 2.45 bits per heavy atom. The van der Waals surface area contributed by atoms with Gasteiger partial charge in [-0.15, -0.1) is 0 Å². The third-order valence-electron chi connectivity index (χ3n) is 6.53. The van der Waals surface area contributed by atoms with Crippen LogP contribution in [-0.2, 0) is 0 Å².